The Hall–Kier alpha value is -1.14. The van der Waals surface area contributed by atoms with Crippen LogP contribution in [0.25, 0.3) is 0 Å². The first-order chi connectivity index (χ1) is 8.63. The molecule has 0 amide bonds. The Labute approximate surface area is 112 Å². The molecule has 0 atom stereocenters. The van der Waals surface area contributed by atoms with Gasteiger partial charge in [-0.15, -0.1) is 0 Å². The Morgan fingerprint density at radius 3 is 2.56 bits per heavy atom. The second kappa shape index (κ2) is 6.15. The number of hydrazine groups is 1. The number of ether oxygens (including phenoxy) is 1. The zero-order chi connectivity index (χ0) is 13.0. The average molecular weight is 272 g/mol. The number of nitrogens with zero attached hydrogens (tertiary/aromatic N) is 4. The fraction of sp³-hybridized carbons (Fsp3) is 0.727. The highest BCUT2D eigenvalue weighted by molar-refractivity contribution is 6.28. The van der Waals surface area contributed by atoms with Crippen molar-refractivity contribution in [2.75, 3.05) is 18.5 Å². The van der Waals surface area contributed by atoms with E-state index < -0.39 is 0 Å². The molecule has 2 heterocycles. The van der Waals surface area contributed by atoms with E-state index in [9.17, 15) is 0 Å². The maximum atomic E-state index is 5.85. The minimum Gasteiger partial charge on any atom is -0.461 e. The van der Waals surface area contributed by atoms with E-state index in [-0.39, 0.29) is 17.4 Å². The maximum absolute atomic E-state index is 5.85. The van der Waals surface area contributed by atoms with E-state index in [2.05, 4.69) is 25.4 Å². The van der Waals surface area contributed by atoms with Gasteiger partial charge in [0.05, 0.1) is 6.10 Å². The topological polar surface area (TPSA) is 63.2 Å². The molecule has 0 spiro atoms. The maximum Gasteiger partial charge on any atom is 0.322 e. The quantitative estimate of drug-likeness (QED) is 0.905. The van der Waals surface area contributed by atoms with Crippen LogP contribution in [0, 0.1) is 0 Å². The highest BCUT2D eigenvalue weighted by Crippen LogP contribution is 2.15. The minimum atomic E-state index is 0.00584. The van der Waals surface area contributed by atoms with Crippen molar-refractivity contribution < 1.29 is 4.74 Å². The van der Waals surface area contributed by atoms with Crippen molar-refractivity contribution in [2.24, 2.45) is 0 Å². The number of piperidine rings is 1. The standard InChI is InChI=1S/C11H18ClN5O/c1-8(2)18-11-14-9(12)13-10(15-11)16-17-6-4-3-5-7-17/h8H,3-7H2,1-2H3,(H,13,14,15,16). The van der Waals surface area contributed by atoms with E-state index in [0.717, 1.165) is 13.1 Å². The smallest absolute Gasteiger partial charge is 0.322 e. The lowest BCUT2D eigenvalue weighted by molar-refractivity contribution is 0.220. The molecule has 7 heteroatoms. The largest absolute Gasteiger partial charge is 0.461 e. The van der Waals surface area contributed by atoms with Gasteiger partial charge in [0.25, 0.3) is 0 Å². The van der Waals surface area contributed by atoms with Crippen LogP contribution in [0.3, 0.4) is 0 Å². The molecule has 1 aromatic heterocycles. The van der Waals surface area contributed by atoms with E-state index in [0.29, 0.717) is 5.95 Å². The van der Waals surface area contributed by atoms with Crippen LogP contribution in [-0.2, 0) is 0 Å². The van der Waals surface area contributed by atoms with Crippen LogP contribution < -0.4 is 10.2 Å². The molecule has 0 radical (unpaired) electrons. The summed E-state index contributed by atoms with van der Waals surface area (Å²) in [5.74, 6) is 0.438. The van der Waals surface area contributed by atoms with Gasteiger partial charge in [-0.1, -0.05) is 6.42 Å². The van der Waals surface area contributed by atoms with Gasteiger partial charge >= 0.3 is 6.01 Å². The van der Waals surface area contributed by atoms with Crippen LogP contribution in [0.2, 0.25) is 5.28 Å². The number of anilines is 1. The summed E-state index contributed by atoms with van der Waals surface area (Å²) in [5, 5.41) is 2.23. The summed E-state index contributed by atoms with van der Waals surface area (Å²) in [5.41, 5.74) is 3.14. The summed E-state index contributed by atoms with van der Waals surface area (Å²) < 4.78 is 5.42. The molecule has 1 saturated heterocycles. The molecule has 1 aliphatic rings. The van der Waals surface area contributed by atoms with Crippen molar-refractivity contribution in [2.45, 2.75) is 39.2 Å². The van der Waals surface area contributed by atoms with Gasteiger partial charge in [-0.25, -0.2) is 5.01 Å². The summed E-state index contributed by atoms with van der Waals surface area (Å²) in [6.07, 6.45) is 3.64. The van der Waals surface area contributed by atoms with E-state index in [1.807, 2.05) is 13.8 Å². The summed E-state index contributed by atoms with van der Waals surface area (Å²) >= 11 is 5.85. The zero-order valence-corrected chi connectivity index (χ0v) is 11.4. The van der Waals surface area contributed by atoms with E-state index >= 15 is 0 Å². The molecule has 0 unspecified atom stereocenters. The first kappa shape index (κ1) is 13.3. The zero-order valence-electron chi connectivity index (χ0n) is 10.7. The molecular weight excluding hydrogens is 254 g/mol. The van der Waals surface area contributed by atoms with Crippen LogP contribution in [0.5, 0.6) is 6.01 Å². The number of hydrogen-bond donors (Lipinski definition) is 1. The monoisotopic (exact) mass is 271 g/mol. The highest BCUT2D eigenvalue weighted by Gasteiger charge is 2.13. The number of aromatic nitrogens is 3. The molecule has 100 valence electrons. The van der Waals surface area contributed by atoms with Gasteiger partial charge in [-0.3, -0.25) is 5.43 Å². The third kappa shape index (κ3) is 3.96. The molecule has 1 N–H and O–H groups in total. The highest BCUT2D eigenvalue weighted by atomic mass is 35.5. The van der Waals surface area contributed by atoms with Gasteiger partial charge in [-0.2, -0.15) is 15.0 Å². The lowest BCUT2D eigenvalue weighted by Crippen LogP contribution is -2.35. The molecule has 1 aliphatic heterocycles. The lowest BCUT2D eigenvalue weighted by Gasteiger charge is -2.26. The number of rotatable bonds is 4. The first-order valence-corrected chi connectivity index (χ1v) is 6.61. The number of hydrogen-bond acceptors (Lipinski definition) is 6. The second-order valence-electron chi connectivity index (χ2n) is 4.54. The Morgan fingerprint density at radius 1 is 1.17 bits per heavy atom. The van der Waals surface area contributed by atoms with Gasteiger partial charge in [0.1, 0.15) is 0 Å². The van der Waals surface area contributed by atoms with Gasteiger partial charge < -0.3 is 4.74 Å². The lowest BCUT2D eigenvalue weighted by atomic mass is 10.2. The molecule has 0 saturated carbocycles. The normalized spacial score (nSPS) is 16.9. The SMILES string of the molecule is CC(C)Oc1nc(Cl)nc(NN2CCCCC2)n1. The molecule has 0 bridgehead atoms. The fourth-order valence-electron chi connectivity index (χ4n) is 1.79. The molecule has 0 aromatic carbocycles. The average Bonchev–Trinajstić information content (AvgIpc) is 2.28. The van der Waals surface area contributed by atoms with Crippen molar-refractivity contribution in [1.82, 2.24) is 20.0 Å². The molecule has 6 nitrogen and oxygen atoms in total. The van der Waals surface area contributed by atoms with Gasteiger partial charge in [0, 0.05) is 13.1 Å². The van der Waals surface area contributed by atoms with E-state index in [1.165, 1.54) is 19.3 Å². The predicted molar refractivity (Wildman–Crippen MR) is 69.6 cm³/mol. The summed E-state index contributed by atoms with van der Waals surface area (Å²) in [6.45, 7) is 5.80. The van der Waals surface area contributed by atoms with Gasteiger partial charge in [0.2, 0.25) is 11.2 Å². The minimum absolute atomic E-state index is 0.00584. The first-order valence-electron chi connectivity index (χ1n) is 6.23. The predicted octanol–water partition coefficient (Wildman–Crippen LogP) is 2.12. The molecule has 0 aliphatic carbocycles. The number of halogens is 1. The Morgan fingerprint density at radius 2 is 1.89 bits per heavy atom. The Bertz CT molecular complexity index is 395. The van der Waals surface area contributed by atoms with Crippen molar-refractivity contribution in [1.29, 1.82) is 0 Å². The van der Waals surface area contributed by atoms with Crippen molar-refractivity contribution in [3.8, 4) is 6.01 Å². The Kier molecular flexibility index (Phi) is 4.54. The Balaban J connectivity index is 2.04. The fourth-order valence-corrected chi connectivity index (χ4v) is 1.94. The molecule has 1 fully saturated rings. The van der Waals surface area contributed by atoms with Crippen LogP contribution in [-0.4, -0.2) is 39.2 Å². The van der Waals surface area contributed by atoms with Crippen molar-refractivity contribution >= 4 is 17.5 Å². The molecule has 1 aromatic rings. The summed E-state index contributed by atoms with van der Waals surface area (Å²) in [6, 6.07) is 0.254. The van der Waals surface area contributed by atoms with Crippen LogP contribution in [0.4, 0.5) is 5.95 Å². The molecule has 2 rings (SSSR count). The van der Waals surface area contributed by atoms with Gasteiger partial charge in [-0.05, 0) is 38.3 Å². The van der Waals surface area contributed by atoms with Crippen molar-refractivity contribution in [3.63, 3.8) is 0 Å². The van der Waals surface area contributed by atoms with Crippen LogP contribution in [0.1, 0.15) is 33.1 Å². The second-order valence-corrected chi connectivity index (χ2v) is 4.87. The number of nitrogens with one attached hydrogen (secondary N) is 1. The van der Waals surface area contributed by atoms with Crippen LogP contribution >= 0.6 is 11.6 Å². The molecule has 18 heavy (non-hydrogen) atoms. The van der Waals surface area contributed by atoms with Crippen LogP contribution in [0.15, 0.2) is 0 Å². The van der Waals surface area contributed by atoms with Crippen molar-refractivity contribution in [3.05, 3.63) is 5.28 Å². The third-order valence-electron chi connectivity index (χ3n) is 2.54. The van der Waals surface area contributed by atoms with Gasteiger partial charge in [0.15, 0.2) is 0 Å². The molecular formula is C11H18ClN5O. The summed E-state index contributed by atoms with van der Waals surface area (Å²) in [7, 11) is 0. The van der Waals surface area contributed by atoms with E-state index in [1.54, 1.807) is 0 Å². The summed E-state index contributed by atoms with van der Waals surface area (Å²) in [4.78, 5) is 12.2. The van der Waals surface area contributed by atoms with E-state index in [4.69, 9.17) is 16.3 Å². The third-order valence-corrected chi connectivity index (χ3v) is 2.71.